The third-order valence-corrected chi connectivity index (χ3v) is 4.18. The zero-order valence-electron chi connectivity index (χ0n) is 15.3. The Hall–Kier alpha value is -2.37. The standard InChI is InChI=1S/C20H22Cl2N2O3/c1-5-8-17(20(25)26)24-10-7-9-13(3)18(6-2)27-14(4)19-15(21)11-23-12-16(19)22/h5-6,8,10-12,14H,1-2,7,9H2,3-4H3,(H,25,26)/b17-8-,18-13+,24-10-/t14-/m1/s1. The van der Waals surface area contributed by atoms with Crippen LogP contribution in [0, 0.1) is 0 Å². The predicted octanol–water partition coefficient (Wildman–Crippen LogP) is 5.93. The molecule has 0 bridgehead atoms. The van der Waals surface area contributed by atoms with Crippen molar-refractivity contribution in [2.75, 3.05) is 0 Å². The Balaban J connectivity index is 2.82. The number of nitrogens with zero attached hydrogens (tertiary/aromatic N) is 2. The molecule has 144 valence electrons. The Morgan fingerprint density at radius 3 is 2.52 bits per heavy atom. The van der Waals surface area contributed by atoms with E-state index in [2.05, 4.69) is 23.1 Å². The van der Waals surface area contributed by atoms with Gasteiger partial charge in [-0.3, -0.25) is 9.98 Å². The normalized spacial score (nSPS) is 13.9. The maximum atomic E-state index is 11.0. The summed E-state index contributed by atoms with van der Waals surface area (Å²) >= 11 is 12.3. The van der Waals surface area contributed by atoms with Crippen molar-refractivity contribution in [3.8, 4) is 0 Å². The van der Waals surface area contributed by atoms with Crippen molar-refractivity contribution >= 4 is 35.4 Å². The molecule has 0 aromatic carbocycles. The van der Waals surface area contributed by atoms with Crippen LogP contribution in [0.25, 0.3) is 0 Å². The van der Waals surface area contributed by atoms with Crippen LogP contribution in [-0.2, 0) is 9.53 Å². The number of hydrogen-bond donors (Lipinski definition) is 1. The van der Waals surface area contributed by atoms with Gasteiger partial charge in [-0.25, -0.2) is 4.79 Å². The number of aromatic nitrogens is 1. The summed E-state index contributed by atoms with van der Waals surface area (Å²) in [5, 5.41) is 9.85. The molecule has 1 heterocycles. The molecule has 1 rings (SSSR count). The summed E-state index contributed by atoms with van der Waals surface area (Å²) in [6.07, 6.45) is 9.69. The Kier molecular flexibility index (Phi) is 9.54. The van der Waals surface area contributed by atoms with Crippen LogP contribution in [0.2, 0.25) is 10.0 Å². The van der Waals surface area contributed by atoms with Gasteiger partial charge in [0.2, 0.25) is 0 Å². The van der Waals surface area contributed by atoms with Crippen LogP contribution in [-0.4, -0.2) is 22.3 Å². The zero-order valence-corrected chi connectivity index (χ0v) is 16.8. The highest BCUT2D eigenvalue weighted by Crippen LogP contribution is 2.33. The summed E-state index contributed by atoms with van der Waals surface area (Å²) in [6, 6.07) is 0. The number of ether oxygens (including phenoxy) is 1. The molecule has 0 aliphatic rings. The molecule has 1 aromatic heterocycles. The van der Waals surface area contributed by atoms with E-state index in [1.165, 1.54) is 24.5 Å². The molecule has 7 heteroatoms. The van der Waals surface area contributed by atoms with E-state index in [0.29, 0.717) is 34.2 Å². The third-order valence-electron chi connectivity index (χ3n) is 3.58. The van der Waals surface area contributed by atoms with E-state index in [0.717, 1.165) is 5.57 Å². The van der Waals surface area contributed by atoms with E-state index in [1.54, 1.807) is 12.3 Å². The van der Waals surface area contributed by atoms with E-state index in [-0.39, 0.29) is 5.70 Å². The first-order chi connectivity index (χ1) is 12.8. The van der Waals surface area contributed by atoms with Crippen molar-refractivity contribution < 1.29 is 14.6 Å². The Morgan fingerprint density at radius 1 is 1.37 bits per heavy atom. The monoisotopic (exact) mass is 408 g/mol. The molecule has 0 aliphatic carbocycles. The van der Waals surface area contributed by atoms with Gasteiger partial charge in [0.25, 0.3) is 0 Å². The number of pyridine rings is 1. The molecule has 1 aromatic rings. The number of rotatable bonds is 10. The van der Waals surface area contributed by atoms with Gasteiger partial charge in [0.05, 0.1) is 10.0 Å². The highest BCUT2D eigenvalue weighted by molar-refractivity contribution is 6.35. The van der Waals surface area contributed by atoms with Crippen LogP contribution < -0.4 is 0 Å². The lowest BCUT2D eigenvalue weighted by Gasteiger charge is -2.19. The molecule has 5 nitrogen and oxygen atoms in total. The molecule has 27 heavy (non-hydrogen) atoms. The van der Waals surface area contributed by atoms with Crippen molar-refractivity contribution in [1.82, 2.24) is 4.98 Å². The van der Waals surface area contributed by atoms with Crippen LogP contribution in [0.4, 0.5) is 0 Å². The molecule has 0 radical (unpaired) electrons. The number of hydrogen-bond acceptors (Lipinski definition) is 4. The van der Waals surface area contributed by atoms with Crippen molar-refractivity contribution in [1.29, 1.82) is 0 Å². The number of carboxylic acids is 1. The van der Waals surface area contributed by atoms with Gasteiger partial charge in [-0.15, -0.1) is 0 Å². The van der Waals surface area contributed by atoms with E-state index >= 15 is 0 Å². The quantitative estimate of drug-likeness (QED) is 0.225. The topological polar surface area (TPSA) is 71.8 Å². The number of carbonyl (C=O) groups is 1. The average Bonchev–Trinajstić information content (AvgIpc) is 2.61. The lowest BCUT2D eigenvalue weighted by molar-refractivity contribution is -0.132. The number of carboxylic acid groups (broad SMARTS) is 1. The summed E-state index contributed by atoms with van der Waals surface area (Å²) < 4.78 is 5.97. The molecule has 0 saturated heterocycles. The maximum Gasteiger partial charge on any atom is 0.354 e. The fourth-order valence-electron chi connectivity index (χ4n) is 2.23. The first-order valence-electron chi connectivity index (χ1n) is 8.18. The molecule has 0 fully saturated rings. The first kappa shape index (κ1) is 22.7. The van der Waals surface area contributed by atoms with Gasteiger partial charge in [-0.05, 0) is 44.4 Å². The highest BCUT2D eigenvalue weighted by Gasteiger charge is 2.16. The minimum absolute atomic E-state index is 0.0672. The first-order valence-corrected chi connectivity index (χ1v) is 8.93. The lowest BCUT2D eigenvalue weighted by atomic mass is 10.1. The number of halogens is 2. The molecule has 0 saturated carbocycles. The van der Waals surface area contributed by atoms with Crippen molar-refractivity contribution in [2.45, 2.75) is 32.8 Å². The molecule has 0 unspecified atom stereocenters. The van der Waals surface area contributed by atoms with Gasteiger partial charge in [0.1, 0.15) is 17.6 Å². The van der Waals surface area contributed by atoms with E-state index in [4.69, 9.17) is 33.0 Å². The molecular formula is C20H22Cl2N2O3. The van der Waals surface area contributed by atoms with Gasteiger partial charge < -0.3 is 9.84 Å². The smallest absolute Gasteiger partial charge is 0.354 e. The van der Waals surface area contributed by atoms with Crippen molar-refractivity contribution in [2.24, 2.45) is 4.99 Å². The maximum absolute atomic E-state index is 11.0. The van der Waals surface area contributed by atoms with Crippen LogP contribution >= 0.6 is 23.2 Å². The van der Waals surface area contributed by atoms with Crippen LogP contribution in [0.3, 0.4) is 0 Å². The summed E-state index contributed by atoms with van der Waals surface area (Å²) in [5.74, 6) is -0.492. The lowest BCUT2D eigenvalue weighted by Crippen LogP contribution is -2.03. The van der Waals surface area contributed by atoms with E-state index in [9.17, 15) is 4.79 Å². The van der Waals surface area contributed by atoms with Gasteiger partial charge in [-0.2, -0.15) is 0 Å². The highest BCUT2D eigenvalue weighted by atomic mass is 35.5. The number of aliphatic imine (C=N–C) groups is 1. The Morgan fingerprint density at radius 2 is 2.00 bits per heavy atom. The van der Waals surface area contributed by atoms with Gasteiger partial charge in [-0.1, -0.05) is 42.4 Å². The zero-order chi connectivity index (χ0) is 20.4. The van der Waals surface area contributed by atoms with E-state index in [1.807, 2.05) is 13.8 Å². The fraction of sp³-hybridized carbons (Fsp3) is 0.250. The molecule has 0 spiro atoms. The molecule has 0 amide bonds. The summed E-state index contributed by atoms with van der Waals surface area (Å²) in [5.41, 5.74) is 1.53. The summed E-state index contributed by atoms with van der Waals surface area (Å²) in [4.78, 5) is 18.9. The predicted molar refractivity (Wildman–Crippen MR) is 110 cm³/mol. The minimum Gasteiger partial charge on any atom is -0.486 e. The summed E-state index contributed by atoms with van der Waals surface area (Å²) in [6.45, 7) is 11.0. The number of allylic oxidation sites excluding steroid dienone is 4. The molecule has 1 N–H and O–H groups in total. The van der Waals surface area contributed by atoms with Crippen molar-refractivity contribution in [3.05, 3.63) is 76.4 Å². The Labute approximate surface area is 169 Å². The number of aliphatic carboxylic acids is 1. The fourth-order valence-corrected chi connectivity index (χ4v) is 2.90. The average molecular weight is 409 g/mol. The van der Waals surface area contributed by atoms with Crippen LogP contribution in [0.5, 0.6) is 0 Å². The second kappa shape index (κ2) is 11.4. The Bertz CT molecular complexity index is 778. The SMILES string of the molecule is C=C/C=C(\N=C/CC/C(C)=C(\C=C)O[C@H](C)c1c(Cl)cncc1Cl)C(=O)O. The summed E-state index contributed by atoms with van der Waals surface area (Å²) in [7, 11) is 0. The van der Waals surface area contributed by atoms with Gasteiger partial charge in [0, 0.05) is 24.2 Å². The minimum atomic E-state index is -1.10. The van der Waals surface area contributed by atoms with Crippen molar-refractivity contribution in [3.63, 3.8) is 0 Å². The molecule has 1 atom stereocenters. The molecular weight excluding hydrogens is 387 g/mol. The molecule has 0 aliphatic heterocycles. The largest absolute Gasteiger partial charge is 0.486 e. The van der Waals surface area contributed by atoms with Gasteiger partial charge >= 0.3 is 5.97 Å². The second-order valence-corrected chi connectivity index (χ2v) is 6.38. The second-order valence-electron chi connectivity index (χ2n) is 5.57. The van der Waals surface area contributed by atoms with Crippen LogP contribution in [0.1, 0.15) is 38.4 Å². The van der Waals surface area contributed by atoms with Gasteiger partial charge in [0.15, 0.2) is 0 Å². The third kappa shape index (κ3) is 7.04. The van der Waals surface area contributed by atoms with E-state index < -0.39 is 12.1 Å². The van der Waals surface area contributed by atoms with Crippen LogP contribution in [0.15, 0.2) is 65.8 Å².